The molecule has 0 spiro atoms. The zero-order chi connectivity index (χ0) is 13.2. The van der Waals surface area contributed by atoms with Gasteiger partial charge in [-0.15, -0.1) is 0 Å². The lowest BCUT2D eigenvalue weighted by Gasteiger charge is -2.28. The van der Waals surface area contributed by atoms with Crippen LogP contribution in [0.4, 0.5) is 0 Å². The van der Waals surface area contributed by atoms with E-state index in [2.05, 4.69) is 10.3 Å². The van der Waals surface area contributed by atoms with E-state index in [1.165, 1.54) is 0 Å². The highest BCUT2D eigenvalue weighted by atomic mass is 16.3. The predicted molar refractivity (Wildman–Crippen MR) is 74.0 cm³/mol. The first-order chi connectivity index (χ1) is 9.25. The number of rotatable bonds is 2. The van der Waals surface area contributed by atoms with Crippen LogP contribution in [-0.4, -0.2) is 28.1 Å². The molecule has 2 atom stereocenters. The van der Waals surface area contributed by atoms with Crippen molar-refractivity contribution in [2.45, 2.75) is 37.8 Å². The third-order valence-corrected chi connectivity index (χ3v) is 3.89. The van der Waals surface area contributed by atoms with Crippen LogP contribution in [0.3, 0.4) is 0 Å². The molecule has 4 nitrogen and oxygen atoms in total. The summed E-state index contributed by atoms with van der Waals surface area (Å²) in [4.78, 5) is 15.4. The number of aromatic nitrogens is 1. The van der Waals surface area contributed by atoms with Crippen LogP contribution in [0, 0.1) is 0 Å². The van der Waals surface area contributed by atoms with Crippen LogP contribution in [0.2, 0.25) is 0 Å². The number of carbonyl (C=O) groups excluding carboxylic acids is 1. The fourth-order valence-electron chi connectivity index (χ4n) is 2.81. The van der Waals surface area contributed by atoms with Gasteiger partial charge in [0.05, 0.1) is 12.1 Å². The van der Waals surface area contributed by atoms with Crippen molar-refractivity contribution in [2.75, 3.05) is 0 Å². The highest BCUT2D eigenvalue weighted by Crippen LogP contribution is 2.21. The van der Waals surface area contributed by atoms with Crippen LogP contribution in [0.5, 0.6) is 0 Å². The van der Waals surface area contributed by atoms with Gasteiger partial charge in [-0.05, 0) is 31.0 Å². The average molecular weight is 258 g/mol. The number of aliphatic hydroxyl groups is 1. The van der Waals surface area contributed by atoms with E-state index >= 15 is 0 Å². The Morgan fingerprint density at radius 1 is 1.26 bits per heavy atom. The van der Waals surface area contributed by atoms with E-state index in [0.717, 1.165) is 36.6 Å². The molecule has 1 fully saturated rings. The van der Waals surface area contributed by atoms with Crippen LogP contribution in [-0.2, 0) is 0 Å². The van der Waals surface area contributed by atoms with E-state index in [4.69, 9.17) is 0 Å². The van der Waals surface area contributed by atoms with Crippen molar-refractivity contribution < 1.29 is 9.90 Å². The largest absolute Gasteiger partial charge is 0.391 e. The lowest BCUT2D eigenvalue weighted by molar-refractivity contribution is 0.0718. The molecule has 1 aromatic heterocycles. The SMILES string of the molecule is O=C(N[C@@H]1CCCC[C@H]1O)c1cccc2[nH]ccc12. The molecule has 100 valence electrons. The maximum absolute atomic E-state index is 12.3. The van der Waals surface area contributed by atoms with E-state index < -0.39 is 6.10 Å². The highest BCUT2D eigenvalue weighted by molar-refractivity contribution is 6.06. The van der Waals surface area contributed by atoms with Crippen molar-refractivity contribution in [3.05, 3.63) is 36.0 Å². The molecule has 4 heteroatoms. The topological polar surface area (TPSA) is 65.1 Å². The summed E-state index contributed by atoms with van der Waals surface area (Å²) >= 11 is 0. The molecule has 1 amide bonds. The Hall–Kier alpha value is -1.81. The number of aromatic amines is 1. The van der Waals surface area contributed by atoms with E-state index in [9.17, 15) is 9.90 Å². The molecule has 0 aliphatic heterocycles. The molecule has 0 bridgehead atoms. The van der Waals surface area contributed by atoms with Gasteiger partial charge in [0.25, 0.3) is 5.91 Å². The molecule has 0 saturated heterocycles. The van der Waals surface area contributed by atoms with Crippen LogP contribution in [0.1, 0.15) is 36.0 Å². The van der Waals surface area contributed by atoms with Gasteiger partial charge in [-0.3, -0.25) is 4.79 Å². The minimum absolute atomic E-state index is 0.101. The summed E-state index contributed by atoms with van der Waals surface area (Å²) in [5.74, 6) is -0.101. The molecular weight excluding hydrogens is 240 g/mol. The molecule has 3 N–H and O–H groups in total. The maximum Gasteiger partial charge on any atom is 0.252 e. The lowest BCUT2D eigenvalue weighted by atomic mass is 9.92. The summed E-state index contributed by atoms with van der Waals surface area (Å²) in [6, 6.07) is 7.42. The van der Waals surface area contributed by atoms with Gasteiger partial charge in [-0.25, -0.2) is 0 Å². The van der Waals surface area contributed by atoms with Crippen LogP contribution >= 0.6 is 0 Å². The number of amides is 1. The molecule has 0 radical (unpaired) electrons. The number of aliphatic hydroxyl groups excluding tert-OH is 1. The molecular formula is C15H18N2O2. The van der Waals surface area contributed by atoms with Gasteiger partial charge in [0, 0.05) is 22.7 Å². The summed E-state index contributed by atoms with van der Waals surface area (Å²) in [5.41, 5.74) is 1.62. The summed E-state index contributed by atoms with van der Waals surface area (Å²) in [5, 5.41) is 13.8. The van der Waals surface area contributed by atoms with Gasteiger partial charge in [-0.1, -0.05) is 18.9 Å². The number of hydrogen-bond acceptors (Lipinski definition) is 2. The Morgan fingerprint density at radius 2 is 2.11 bits per heavy atom. The first kappa shape index (κ1) is 12.2. The zero-order valence-corrected chi connectivity index (χ0v) is 10.7. The minimum Gasteiger partial charge on any atom is -0.391 e. The molecule has 19 heavy (non-hydrogen) atoms. The number of fused-ring (bicyclic) bond motifs is 1. The average Bonchev–Trinajstić information content (AvgIpc) is 2.89. The van der Waals surface area contributed by atoms with E-state index in [1.54, 1.807) is 0 Å². The van der Waals surface area contributed by atoms with Gasteiger partial charge >= 0.3 is 0 Å². The standard InChI is InChI=1S/C15H18N2O2/c18-14-7-2-1-5-13(14)17-15(19)11-4-3-6-12-10(11)8-9-16-12/h3-4,6,8-9,13-14,16,18H,1-2,5,7H2,(H,17,19)/t13-,14-/m1/s1. The molecule has 0 unspecified atom stereocenters. The minimum atomic E-state index is -0.414. The van der Waals surface area contributed by atoms with Crippen LogP contribution < -0.4 is 5.32 Å². The zero-order valence-electron chi connectivity index (χ0n) is 10.7. The maximum atomic E-state index is 12.3. The third-order valence-electron chi connectivity index (χ3n) is 3.89. The fourth-order valence-corrected chi connectivity index (χ4v) is 2.81. The van der Waals surface area contributed by atoms with Crippen LogP contribution in [0.25, 0.3) is 10.9 Å². The second-order valence-corrected chi connectivity index (χ2v) is 5.18. The van der Waals surface area contributed by atoms with Gasteiger partial charge in [0.1, 0.15) is 0 Å². The van der Waals surface area contributed by atoms with Crippen molar-refractivity contribution in [1.82, 2.24) is 10.3 Å². The van der Waals surface area contributed by atoms with E-state index in [1.807, 2.05) is 30.5 Å². The van der Waals surface area contributed by atoms with E-state index in [-0.39, 0.29) is 11.9 Å². The Labute approximate surface area is 111 Å². The Morgan fingerprint density at radius 3 is 2.95 bits per heavy atom. The first-order valence-corrected chi connectivity index (χ1v) is 6.81. The first-order valence-electron chi connectivity index (χ1n) is 6.81. The van der Waals surface area contributed by atoms with Crippen molar-refractivity contribution in [3.63, 3.8) is 0 Å². The Bertz CT molecular complexity index is 591. The second-order valence-electron chi connectivity index (χ2n) is 5.18. The Kier molecular flexibility index (Phi) is 3.25. The van der Waals surface area contributed by atoms with E-state index in [0.29, 0.717) is 5.56 Å². The monoisotopic (exact) mass is 258 g/mol. The normalized spacial score (nSPS) is 23.4. The molecule has 3 rings (SSSR count). The number of carbonyl (C=O) groups is 1. The number of nitrogens with one attached hydrogen (secondary N) is 2. The summed E-state index contributed by atoms with van der Waals surface area (Å²) in [6.45, 7) is 0. The van der Waals surface area contributed by atoms with Gasteiger partial charge in [0.2, 0.25) is 0 Å². The fraction of sp³-hybridized carbons (Fsp3) is 0.400. The number of H-pyrrole nitrogens is 1. The summed E-state index contributed by atoms with van der Waals surface area (Å²) in [7, 11) is 0. The summed E-state index contributed by atoms with van der Waals surface area (Å²) in [6.07, 6.45) is 5.16. The summed E-state index contributed by atoms with van der Waals surface area (Å²) < 4.78 is 0. The second kappa shape index (κ2) is 5.05. The van der Waals surface area contributed by atoms with Gasteiger partial charge < -0.3 is 15.4 Å². The Balaban J connectivity index is 1.82. The number of benzene rings is 1. The molecule has 2 aromatic rings. The van der Waals surface area contributed by atoms with Crippen LogP contribution in [0.15, 0.2) is 30.5 Å². The van der Waals surface area contributed by atoms with Crippen molar-refractivity contribution in [2.24, 2.45) is 0 Å². The molecule has 1 saturated carbocycles. The van der Waals surface area contributed by atoms with Gasteiger partial charge in [-0.2, -0.15) is 0 Å². The number of hydrogen-bond donors (Lipinski definition) is 3. The lowest BCUT2D eigenvalue weighted by Crippen LogP contribution is -2.45. The predicted octanol–water partition coefficient (Wildman–Crippen LogP) is 2.20. The molecule has 1 aliphatic rings. The van der Waals surface area contributed by atoms with Crippen molar-refractivity contribution in [1.29, 1.82) is 0 Å². The quantitative estimate of drug-likeness (QED) is 0.773. The third kappa shape index (κ3) is 2.36. The van der Waals surface area contributed by atoms with Crippen molar-refractivity contribution in [3.8, 4) is 0 Å². The smallest absolute Gasteiger partial charge is 0.252 e. The molecule has 1 aromatic carbocycles. The highest BCUT2D eigenvalue weighted by Gasteiger charge is 2.25. The van der Waals surface area contributed by atoms with Gasteiger partial charge in [0.15, 0.2) is 0 Å². The molecule has 1 heterocycles. The van der Waals surface area contributed by atoms with Crippen molar-refractivity contribution >= 4 is 16.8 Å². The molecule has 1 aliphatic carbocycles.